The normalized spacial score (nSPS) is 13.3. The molecule has 1 aliphatic rings. The van der Waals surface area contributed by atoms with Crippen LogP contribution in [0.5, 0.6) is 11.5 Å². The van der Waals surface area contributed by atoms with Gasteiger partial charge in [-0.2, -0.15) is 0 Å². The van der Waals surface area contributed by atoms with Crippen molar-refractivity contribution in [3.8, 4) is 11.5 Å². The van der Waals surface area contributed by atoms with Crippen LogP contribution in [0.25, 0.3) is 0 Å². The van der Waals surface area contributed by atoms with Crippen LogP contribution in [0, 0.1) is 5.41 Å². The van der Waals surface area contributed by atoms with Crippen molar-refractivity contribution in [3.05, 3.63) is 23.8 Å². The van der Waals surface area contributed by atoms with Crippen molar-refractivity contribution in [2.45, 2.75) is 20.4 Å². The van der Waals surface area contributed by atoms with Crippen molar-refractivity contribution in [1.82, 2.24) is 10.6 Å². The van der Waals surface area contributed by atoms with E-state index in [-0.39, 0.29) is 5.41 Å². The molecule has 1 heterocycles. The van der Waals surface area contributed by atoms with E-state index >= 15 is 0 Å². The van der Waals surface area contributed by atoms with Gasteiger partial charge in [0.15, 0.2) is 16.6 Å². The lowest BCUT2D eigenvalue weighted by molar-refractivity contribution is -0.865. The fraction of sp³-hybridized carbons (Fsp3) is 0.562. The standard InChI is InChI=1S/C16H25N3O2S/c1-16(2,10-19(3)4)9-18-15(22)17-8-12-5-6-13-14(7-12)21-11-20-13/h5-7H,8-11H2,1-4H3,(H2,17,18,22)/p+1. The van der Waals surface area contributed by atoms with E-state index in [1.165, 1.54) is 4.90 Å². The van der Waals surface area contributed by atoms with Gasteiger partial charge in [0, 0.05) is 18.5 Å². The molecular weight excluding hydrogens is 298 g/mol. The van der Waals surface area contributed by atoms with Crippen LogP contribution in [0.15, 0.2) is 18.2 Å². The number of benzene rings is 1. The highest BCUT2D eigenvalue weighted by Gasteiger charge is 2.21. The second-order valence-corrected chi connectivity index (χ2v) is 7.18. The number of nitrogens with one attached hydrogen (secondary N) is 3. The molecule has 0 atom stereocenters. The SMILES string of the molecule is C[NH+](C)CC(C)(C)CNC(=S)NCc1ccc2c(c1)OCO2. The van der Waals surface area contributed by atoms with Gasteiger partial charge in [0.1, 0.15) is 0 Å². The minimum atomic E-state index is 0.198. The molecule has 1 aliphatic heterocycles. The Morgan fingerprint density at radius 2 is 1.95 bits per heavy atom. The third-order valence-electron chi connectivity index (χ3n) is 3.45. The minimum Gasteiger partial charge on any atom is -0.454 e. The van der Waals surface area contributed by atoms with Crippen molar-refractivity contribution in [2.75, 3.05) is 34.0 Å². The van der Waals surface area contributed by atoms with E-state index in [4.69, 9.17) is 21.7 Å². The highest BCUT2D eigenvalue weighted by Crippen LogP contribution is 2.32. The minimum absolute atomic E-state index is 0.198. The van der Waals surface area contributed by atoms with E-state index in [1.54, 1.807) is 0 Å². The van der Waals surface area contributed by atoms with Crippen LogP contribution in [-0.2, 0) is 6.54 Å². The quantitative estimate of drug-likeness (QED) is 0.667. The van der Waals surface area contributed by atoms with E-state index in [0.29, 0.717) is 18.5 Å². The van der Waals surface area contributed by atoms with Crippen LogP contribution in [0.4, 0.5) is 0 Å². The molecule has 0 aromatic heterocycles. The highest BCUT2D eigenvalue weighted by atomic mass is 32.1. The lowest BCUT2D eigenvalue weighted by Crippen LogP contribution is -3.07. The molecule has 122 valence electrons. The van der Waals surface area contributed by atoms with Gasteiger partial charge in [-0.25, -0.2) is 0 Å². The number of rotatable bonds is 6. The molecule has 22 heavy (non-hydrogen) atoms. The Bertz CT molecular complexity index is 532. The van der Waals surface area contributed by atoms with E-state index < -0.39 is 0 Å². The van der Waals surface area contributed by atoms with Gasteiger partial charge in [-0.3, -0.25) is 0 Å². The lowest BCUT2D eigenvalue weighted by atomic mass is 9.93. The van der Waals surface area contributed by atoms with Crippen LogP contribution in [-0.4, -0.2) is 39.1 Å². The third kappa shape index (κ3) is 5.03. The number of fused-ring (bicyclic) bond motifs is 1. The first-order valence-corrected chi connectivity index (χ1v) is 7.96. The Labute approximate surface area is 138 Å². The maximum atomic E-state index is 5.37. The first-order chi connectivity index (χ1) is 10.4. The summed E-state index contributed by atoms with van der Waals surface area (Å²) in [4.78, 5) is 1.44. The summed E-state index contributed by atoms with van der Waals surface area (Å²) in [5.41, 5.74) is 1.31. The van der Waals surface area contributed by atoms with E-state index in [9.17, 15) is 0 Å². The largest absolute Gasteiger partial charge is 0.454 e. The van der Waals surface area contributed by atoms with E-state index in [1.807, 2.05) is 18.2 Å². The predicted octanol–water partition coefficient (Wildman–Crippen LogP) is 0.550. The molecule has 1 aromatic rings. The summed E-state index contributed by atoms with van der Waals surface area (Å²) in [5, 5.41) is 7.22. The first kappa shape index (κ1) is 16.8. The topological polar surface area (TPSA) is 47.0 Å². The summed E-state index contributed by atoms with van der Waals surface area (Å²) in [7, 11) is 4.33. The number of thiocarbonyl (C=S) groups is 1. The summed E-state index contributed by atoms with van der Waals surface area (Å²) in [6.07, 6.45) is 0. The van der Waals surface area contributed by atoms with Gasteiger partial charge < -0.3 is 25.0 Å². The van der Waals surface area contributed by atoms with Crippen molar-refractivity contribution in [1.29, 1.82) is 0 Å². The Morgan fingerprint density at radius 3 is 2.68 bits per heavy atom. The lowest BCUT2D eigenvalue weighted by Gasteiger charge is -2.26. The van der Waals surface area contributed by atoms with Gasteiger partial charge in [0.25, 0.3) is 0 Å². The molecule has 0 bridgehead atoms. The molecule has 2 rings (SSSR count). The molecule has 0 spiro atoms. The molecule has 0 radical (unpaired) electrons. The van der Waals surface area contributed by atoms with Gasteiger partial charge in [-0.1, -0.05) is 19.9 Å². The van der Waals surface area contributed by atoms with Crippen LogP contribution >= 0.6 is 12.2 Å². The van der Waals surface area contributed by atoms with Crippen molar-refractivity contribution in [2.24, 2.45) is 5.41 Å². The zero-order valence-electron chi connectivity index (χ0n) is 13.8. The maximum absolute atomic E-state index is 5.37. The van der Waals surface area contributed by atoms with Crippen molar-refractivity contribution < 1.29 is 14.4 Å². The molecule has 0 saturated heterocycles. The van der Waals surface area contributed by atoms with Crippen LogP contribution in [0.2, 0.25) is 0 Å². The molecule has 0 saturated carbocycles. The van der Waals surface area contributed by atoms with Crippen molar-refractivity contribution in [3.63, 3.8) is 0 Å². The van der Waals surface area contributed by atoms with E-state index in [2.05, 4.69) is 38.6 Å². The molecule has 0 unspecified atom stereocenters. The maximum Gasteiger partial charge on any atom is 0.231 e. The molecule has 6 heteroatoms. The highest BCUT2D eigenvalue weighted by molar-refractivity contribution is 7.80. The summed E-state index contributed by atoms with van der Waals surface area (Å²) in [6, 6.07) is 5.93. The van der Waals surface area contributed by atoms with Crippen LogP contribution < -0.4 is 25.0 Å². The van der Waals surface area contributed by atoms with Gasteiger partial charge in [0.05, 0.1) is 20.6 Å². The Hall–Kier alpha value is -1.53. The number of quaternary nitrogens is 1. The Balaban J connectivity index is 1.76. The van der Waals surface area contributed by atoms with Crippen LogP contribution in [0.1, 0.15) is 19.4 Å². The molecule has 5 nitrogen and oxygen atoms in total. The average Bonchev–Trinajstić information content (AvgIpc) is 2.89. The first-order valence-electron chi connectivity index (χ1n) is 7.55. The van der Waals surface area contributed by atoms with Crippen molar-refractivity contribution >= 4 is 17.3 Å². The summed E-state index contributed by atoms with van der Waals surface area (Å²) in [5.74, 6) is 1.60. The third-order valence-corrected chi connectivity index (χ3v) is 3.74. The number of hydrogen-bond acceptors (Lipinski definition) is 3. The Kier molecular flexibility index (Phi) is 5.47. The Morgan fingerprint density at radius 1 is 1.23 bits per heavy atom. The van der Waals surface area contributed by atoms with Gasteiger partial charge in [0.2, 0.25) is 6.79 Å². The summed E-state index contributed by atoms with van der Waals surface area (Å²) < 4.78 is 10.7. The fourth-order valence-electron chi connectivity index (χ4n) is 2.63. The monoisotopic (exact) mass is 324 g/mol. The smallest absolute Gasteiger partial charge is 0.231 e. The zero-order valence-corrected chi connectivity index (χ0v) is 14.6. The van der Waals surface area contributed by atoms with Gasteiger partial charge in [-0.15, -0.1) is 0 Å². The molecule has 0 amide bonds. The summed E-state index contributed by atoms with van der Waals surface area (Å²) >= 11 is 5.35. The van der Waals surface area contributed by atoms with Gasteiger partial charge in [-0.05, 0) is 29.9 Å². The second kappa shape index (κ2) is 7.15. The zero-order chi connectivity index (χ0) is 16.2. The summed E-state index contributed by atoms with van der Waals surface area (Å²) in [6.45, 7) is 7.40. The van der Waals surface area contributed by atoms with Crippen LogP contribution in [0.3, 0.4) is 0 Å². The number of ether oxygens (including phenoxy) is 2. The van der Waals surface area contributed by atoms with E-state index in [0.717, 1.165) is 30.2 Å². The van der Waals surface area contributed by atoms with Gasteiger partial charge >= 0.3 is 0 Å². The second-order valence-electron chi connectivity index (χ2n) is 6.77. The predicted molar refractivity (Wildman–Crippen MR) is 91.5 cm³/mol. The molecular formula is C16H26N3O2S+. The molecule has 0 aliphatic carbocycles. The molecule has 1 aromatic carbocycles. The molecule has 0 fully saturated rings. The number of hydrogen-bond donors (Lipinski definition) is 3. The average molecular weight is 324 g/mol. The fourth-order valence-corrected chi connectivity index (χ4v) is 2.78. The molecule has 3 N–H and O–H groups in total.